The Hall–Kier alpha value is -0.640. The first-order chi connectivity index (χ1) is 8.11. The lowest BCUT2D eigenvalue weighted by Crippen LogP contribution is -2.43. The van der Waals surface area contributed by atoms with E-state index in [0.29, 0.717) is 5.02 Å². The lowest BCUT2D eigenvalue weighted by molar-refractivity contribution is 0.0424. The van der Waals surface area contributed by atoms with Crippen molar-refractivity contribution in [3.05, 3.63) is 29.0 Å². The summed E-state index contributed by atoms with van der Waals surface area (Å²) in [6.07, 6.45) is 3.94. The number of aliphatic hydroxyl groups is 1. The minimum Gasteiger partial charge on any atom is -0.396 e. The summed E-state index contributed by atoms with van der Waals surface area (Å²) in [5, 5.41) is 10.1. The highest BCUT2D eigenvalue weighted by atomic mass is 35.5. The van der Waals surface area contributed by atoms with Crippen molar-refractivity contribution in [2.75, 3.05) is 19.7 Å². The molecule has 2 heterocycles. The first-order valence-electron chi connectivity index (χ1n) is 6.05. The van der Waals surface area contributed by atoms with Gasteiger partial charge in [0.05, 0.1) is 10.7 Å². The van der Waals surface area contributed by atoms with Gasteiger partial charge in [0.25, 0.3) is 0 Å². The molecule has 1 aromatic rings. The summed E-state index contributed by atoms with van der Waals surface area (Å²) in [5.74, 6) is 0. The van der Waals surface area contributed by atoms with Gasteiger partial charge >= 0.3 is 0 Å². The Morgan fingerprint density at radius 2 is 2.35 bits per heavy atom. The maximum absolute atomic E-state index is 9.41. The van der Waals surface area contributed by atoms with Crippen LogP contribution in [0.5, 0.6) is 0 Å². The molecule has 0 aromatic carbocycles. The molecule has 1 unspecified atom stereocenters. The minimum atomic E-state index is 0.0463. The first-order valence-corrected chi connectivity index (χ1v) is 6.43. The Kier molecular flexibility index (Phi) is 4.02. The molecule has 1 aliphatic heterocycles. The summed E-state index contributed by atoms with van der Waals surface area (Å²) < 4.78 is 0. The molecule has 2 rings (SSSR count). The van der Waals surface area contributed by atoms with Crippen LogP contribution < -0.4 is 0 Å². The van der Waals surface area contributed by atoms with Crippen LogP contribution in [-0.2, 0) is 6.54 Å². The van der Waals surface area contributed by atoms with Crippen LogP contribution in [0.15, 0.2) is 18.3 Å². The van der Waals surface area contributed by atoms with Gasteiger partial charge < -0.3 is 5.11 Å². The van der Waals surface area contributed by atoms with E-state index in [4.69, 9.17) is 11.6 Å². The number of aliphatic hydroxyl groups excluding tert-OH is 1. The maximum Gasteiger partial charge on any atom is 0.0589 e. The molecule has 0 bridgehead atoms. The van der Waals surface area contributed by atoms with Crippen LogP contribution in [-0.4, -0.2) is 34.7 Å². The predicted octanol–water partition coefficient (Wildman–Crippen LogP) is 2.33. The van der Waals surface area contributed by atoms with Gasteiger partial charge in [-0.25, -0.2) is 0 Å². The van der Waals surface area contributed by atoms with Gasteiger partial charge in [-0.3, -0.25) is 9.88 Å². The van der Waals surface area contributed by atoms with E-state index in [1.54, 1.807) is 6.20 Å². The smallest absolute Gasteiger partial charge is 0.0589 e. The van der Waals surface area contributed by atoms with Crippen LogP contribution >= 0.6 is 11.6 Å². The van der Waals surface area contributed by atoms with Crippen molar-refractivity contribution in [3.63, 3.8) is 0 Å². The molecule has 3 nitrogen and oxygen atoms in total. The molecule has 0 spiro atoms. The average Bonchev–Trinajstić information content (AvgIpc) is 2.32. The third kappa shape index (κ3) is 3.41. The summed E-state index contributed by atoms with van der Waals surface area (Å²) in [7, 11) is 0. The van der Waals surface area contributed by atoms with E-state index in [9.17, 15) is 5.11 Å². The van der Waals surface area contributed by atoms with Crippen LogP contribution in [0.25, 0.3) is 0 Å². The van der Waals surface area contributed by atoms with Crippen LogP contribution in [0.2, 0.25) is 5.02 Å². The molecular weight excluding hydrogens is 236 g/mol. The van der Waals surface area contributed by atoms with Gasteiger partial charge in [-0.2, -0.15) is 0 Å². The number of hydrogen-bond donors (Lipinski definition) is 1. The number of pyridine rings is 1. The van der Waals surface area contributed by atoms with E-state index in [-0.39, 0.29) is 12.0 Å². The minimum absolute atomic E-state index is 0.0463. The molecule has 4 heteroatoms. The normalized spacial score (nSPS) is 26.1. The van der Waals surface area contributed by atoms with Gasteiger partial charge in [-0.15, -0.1) is 0 Å². The molecule has 1 aliphatic rings. The number of halogens is 1. The Morgan fingerprint density at radius 3 is 3.00 bits per heavy atom. The topological polar surface area (TPSA) is 36.4 Å². The fourth-order valence-electron chi connectivity index (χ4n) is 2.42. The van der Waals surface area contributed by atoms with Crippen molar-refractivity contribution in [2.24, 2.45) is 5.41 Å². The Balaban J connectivity index is 1.97. The summed E-state index contributed by atoms with van der Waals surface area (Å²) >= 11 is 5.81. The van der Waals surface area contributed by atoms with Gasteiger partial charge in [-0.1, -0.05) is 18.5 Å². The quantitative estimate of drug-likeness (QED) is 0.900. The van der Waals surface area contributed by atoms with Crippen molar-refractivity contribution in [1.82, 2.24) is 9.88 Å². The van der Waals surface area contributed by atoms with E-state index in [1.807, 2.05) is 12.1 Å². The summed E-state index contributed by atoms with van der Waals surface area (Å²) in [4.78, 5) is 6.67. The molecular formula is C13H19ClN2O. The van der Waals surface area contributed by atoms with Gasteiger partial charge in [0.15, 0.2) is 0 Å². The highest BCUT2D eigenvalue weighted by Crippen LogP contribution is 2.29. The number of likely N-dealkylation sites (tertiary alicyclic amines) is 1. The molecule has 17 heavy (non-hydrogen) atoms. The Bertz CT molecular complexity index is 368. The summed E-state index contributed by atoms with van der Waals surface area (Å²) in [5.41, 5.74) is 1.08. The lowest BCUT2D eigenvalue weighted by Gasteiger charge is -2.39. The number of hydrogen-bond acceptors (Lipinski definition) is 3. The van der Waals surface area contributed by atoms with E-state index in [2.05, 4.69) is 16.8 Å². The van der Waals surface area contributed by atoms with Crippen LogP contribution in [0.3, 0.4) is 0 Å². The zero-order chi connectivity index (χ0) is 12.3. The van der Waals surface area contributed by atoms with Crippen molar-refractivity contribution in [3.8, 4) is 0 Å². The third-order valence-electron chi connectivity index (χ3n) is 3.42. The monoisotopic (exact) mass is 254 g/mol. The molecule has 1 atom stereocenters. The van der Waals surface area contributed by atoms with Crippen LogP contribution in [0.4, 0.5) is 0 Å². The molecule has 0 amide bonds. The third-order valence-corrected chi connectivity index (χ3v) is 3.64. The Morgan fingerprint density at radius 1 is 1.53 bits per heavy atom. The van der Waals surface area contributed by atoms with Gasteiger partial charge in [0, 0.05) is 31.3 Å². The molecule has 0 saturated carbocycles. The SMILES string of the molecule is CC1(CO)CCCN(Cc2ccc(Cl)cn2)C1. The van der Waals surface area contributed by atoms with Gasteiger partial charge in [-0.05, 0) is 31.5 Å². The Labute approximate surface area is 107 Å². The van der Waals surface area contributed by atoms with Crippen LogP contribution in [0.1, 0.15) is 25.5 Å². The highest BCUT2D eigenvalue weighted by molar-refractivity contribution is 6.30. The molecule has 0 aliphatic carbocycles. The second kappa shape index (κ2) is 5.34. The van der Waals surface area contributed by atoms with E-state index >= 15 is 0 Å². The fourth-order valence-corrected chi connectivity index (χ4v) is 2.53. The number of aromatic nitrogens is 1. The van der Waals surface area contributed by atoms with E-state index in [0.717, 1.165) is 38.2 Å². The number of piperidine rings is 1. The standard InChI is InChI=1S/C13H19ClN2O/c1-13(10-17)5-2-6-16(9-13)8-12-4-3-11(14)7-15-12/h3-4,7,17H,2,5-6,8-10H2,1H3. The van der Waals surface area contributed by atoms with Crippen LogP contribution in [0, 0.1) is 5.41 Å². The first kappa shape index (κ1) is 12.8. The highest BCUT2D eigenvalue weighted by Gasteiger charge is 2.30. The summed E-state index contributed by atoms with van der Waals surface area (Å²) in [6.45, 7) is 5.27. The summed E-state index contributed by atoms with van der Waals surface area (Å²) in [6, 6.07) is 3.84. The van der Waals surface area contributed by atoms with E-state index < -0.39 is 0 Å². The average molecular weight is 255 g/mol. The number of rotatable bonds is 3. The van der Waals surface area contributed by atoms with Crippen molar-refractivity contribution >= 4 is 11.6 Å². The van der Waals surface area contributed by atoms with Crippen molar-refractivity contribution in [2.45, 2.75) is 26.3 Å². The molecule has 1 fully saturated rings. The molecule has 94 valence electrons. The van der Waals surface area contributed by atoms with Crippen molar-refractivity contribution in [1.29, 1.82) is 0 Å². The predicted molar refractivity (Wildman–Crippen MR) is 69.0 cm³/mol. The zero-order valence-corrected chi connectivity index (χ0v) is 11.0. The van der Waals surface area contributed by atoms with E-state index in [1.165, 1.54) is 0 Å². The van der Waals surface area contributed by atoms with Crippen molar-refractivity contribution < 1.29 is 5.11 Å². The van der Waals surface area contributed by atoms with Gasteiger partial charge in [0.2, 0.25) is 0 Å². The largest absolute Gasteiger partial charge is 0.396 e. The number of nitrogens with zero attached hydrogens (tertiary/aromatic N) is 2. The van der Waals surface area contributed by atoms with Gasteiger partial charge in [0.1, 0.15) is 0 Å². The molecule has 1 aromatic heterocycles. The maximum atomic E-state index is 9.41. The zero-order valence-electron chi connectivity index (χ0n) is 10.2. The lowest BCUT2D eigenvalue weighted by atomic mass is 9.83. The molecule has 1 N–H and O–H groups in total. The molecule has 0 radical (unpaired) electrons. The fraction of sp³-hybridized carbons (Fsp3) is 0.615. The molecule has 1 saturated heterocycles. The second-order valence-electron chi connectivity index (χ2n) is 5.25. The second-order valence-corrected chi connectivity index (χ2v) is 5.69.